The molecule has 3 aromatic rings. The minimum Gasteiger partial charge on any atom is -0.497 e. The Morgan fingerprint density at radius 1 is 1.00 bits per heavy atom. The largest absolute Gasteiger partial charge is 0.497 e. The van der Waals surface area contributed by atoms with Crippen LogP contribution >= 0.6 is 0 Å². The van der Waals surface area contributed by atoms with Gasteiger partial charge in [-0.15, -0.1) is 0 Å². The molecule has 1 N–H and O–H groups in total. The Bertz CT molecular complexity index is 894. The molecule has 0 amide bonds. The molecule has 0 atom stereocenters. The average Bonchev–Trinajstić information content (AvgIpc) is 2.79. The first kappa shape index (κ1) is 18.3. The topological polar surface area (TPSA) is 59.5 Å². The second kappa shape index (κ2) is 8.71. The molecule has 1 aromatic heterocycles. The number of nitrogens with one attached hydrogen (secondary N) is 1. The predicted molar refractivity (Wildman–Crippen MR) is 111 cm³/mol. The van der Waals surface area contributed by atoms with E-state index in [0.717, 1.165) is 60.6 Å². The third kappa shape index (κ3) is 4.40. The fourth-order valence-corrected chi connectivity index (χ4v) is 3.13. The number of hydrogen-bond acceptors (Lipinski definition) is 6. The van der Waals surface area contributed by atoms with Crippen LogP contribution in [-0.4, -0.2) is 43.4 Å². The van der Waals surface area contributed by atoms with E-state index < -0.39 is 0 Å². The molecule has 6 nitrogen and oxygen atoms in total. The number of anilines is 2. The quantitative estimate of drug-likeness (QED) is 0.709. The number of hydrogen-bond donors (Lipinski definition) is 1. The first-order valence-corrected chi connectivity index (χ1v) is 9.46. The molecule has 0 bridgehead atoms. The Morgan fingerprint density at radius 3 is 2.46 bits per heavy atom. The van der Waals surface area contributed by atoms with Crippen LogP contribution in [0.1, 0.15) is 5.56 Å². The van der Waals surface area contributed by atoms with E-state index in [1.54, 1.807) is 7.11 Å². The van der Waals surface area contributed by atoms with Gasteiger partial charge in [0.25, 0.3) is 0 Å². The predicted octanol–water partition coefficient (Wildman–Crippen LogP) is 3.60. The molecule has 0 unspecified atom stereocenters. The van der Waals surface area contributed by atoms with Crippen molar-refractivity contribution in [1.29, 1.82) is 0 Å². The van der Waals surface area contributed by atoms with E-state index in [4.69, 9.17) is 19.4 Å². The summed E-state index contributed by atoms with van der Waals surface area (Å²) in [5.74, 6) is 3.31. The Morgan fingerprint density at radius 2 is 1.75 bits per heavy atom. The molecule has 28 heavy (non-hydrogen) atoms. The Labute approximate surface area is 165 Å². The maximum atomic E-state index is 5.48. The van der Waals surface area contributed by atoms with Gasteiger partial charge in [0, 0.05) is 31.3 Å². The van der Waals surface area contributed by atoms with Gasteiger partial charge < -0.3 is 19.7 Å². The number of methoxy groups -OCH3 is 1. The van der Waals surface area contributed by atoms with Crippen molar-refractivity contribution >= 4 is 11.6 Å². The lowest BCUT2D eigenvalue weighted by Gasteiger charge is -2.28. The van der Waals surface area contributed by atoms with Crippen molar-refractivity contribution in [2.24, 2.45) is 0 Å². The van der Waals surface area contributed by atoms with Crippen LogP contribution in [0, 0.1) is 0 Å². The Hall–Kier alpha value is -3.12. The lowest BCUT2D eigenvalue weighted by molar-refractivity contribution is 0.122. The summed E-state index contributed by atoms with van der Waals surface area (Å²) in [6.07, 6.45) is 0. The lowest BCUT2D eigenvalue weighted by atomic mass is 10.2. The number of morpholine rings is 1. The zero-order valence-corrected chi connectivity index (χ0v) is 16.0. The Kier molecular flexibility index (Phi) is 5.68. The first-order chi connectivity index (χ1) is 13.8. The third-order valence-electron chi connectivity index (χ3n) is 4.71. The van der Waals surface area contributed by atoms with Crippen molar-refractivity contribution in [3.63, 3.8) is 0 Å². The molecule has 0 saturated carbocycles. The van der Waals surface area contributed by atoms with Crippen LogP contribution in [0.5, 0.6) is 5.75 Å². The smallest absolute Gasteiger partial charge is 0.163 e. The summed E-state index contributed by atoms with van der Waals surface area (Å²) in [5, 5.41) is 3.44. The number of nitrogens with zero attached hydrogens (tertiary/aromatic N) is 3. The molecule has 1 fully saturated rings. The highest BCUT2D eigenvalue weighted by molar-refractivity contribution is 5.62. The van der Waals surface area contributed by atoms with Crippen molar-refractivity contribution < 1.29 is 9.47 Å². The van der Waals surface area contributed by atoms with Crippen LogP contribution in [0.2, 0.25) is 0 Å². The minimum atomic E-state index is 0.678. The molecule has 0 radical (unpaired) electrons. The van der Waals surface area contributed by atoms with E-state index >= 15 is 0 Å². The molecule has 4 rings (SSSR count). The van der Waals surface area contributed by atoms with E-state index in [9.17, 15) is 0 Å². The van der Waals surface area contributed by atoms with Gasteiger partial charge in [-0.2, -0.15) is 0 Å². The van der Waals surface area contributed by atoms with Crippen LogP contribution < -0.4 is 15.0 Å². The summed E-state index contributed by atoms with van der Waals surface area (Å²) in [4.78, 5) is 11.8. The second-order valence-corrected chi connectivity index (χ2v) is 6.60. The van der Waals surface area contributed by atoms with E-state index in [1.165, 1.54) is 0 Å². The SMILES string of the molecule is COc1ccc(CNc2cc(N3CCOCC3)nc(-c3ccccc3)n2)cc1. The summed E-state index contributed by atoms with van der Waals surface area (Å²) in [6.45, 7) is 3.79. The normalized spacial score (nSPS) is 14.0. The maximum Gasteiger partial charge on any atom is 0.163 e. The lowest BCUT2D eigenvalue weighted by Crippen LogP contribution is -2.36. The van der Waals surface area contributed by atoms with Crippen molar-refractivity contribution in [1.82, 2.24) is 9.97 Å². The van der Waals surface area contributed by atoms with Gasteiger partial charge in [-0.05, 0) is 17.7 Å². The number of aromatic nitrogens is 2. The van der Waals surface area contributed by atoms with Gasteiger partial charge in [0.05, 0.1) is 20.3 Å². The van der Waals surface area contributed by atoms with Crippen molar-refractivity contribution in [3.05, 3.63) is 66.2 Å². The van der Waals surface area contributed by atoms with Gasteiger partial charge in [-0.25, -0.2) is 9.97 Å². The monoisotopic (exact) mass is 376 g/mol. The third-order valence-corrected chi connectivity index (χ3v) is 4.71. The van der Waals surface area contributed by atoms with E-state index in [0.29, 0.717) is 6.54 Å². The van der Waals surface area contributed by atoms with Gasteiger partial charge in [-0.3, -0.25) is 0 Å². The van der Waals surface area contributed by atoms with Gasteiger partial charge >= 0.3 is 0 Å². The fourth-order valence-electron chi connectivity index (χ4n) is 3.13. The molecule has 1 saturated heterocycles. The van der Waals surface area contributed by atoms with Crippen LogP contribution in [0.3, 0.4) is 0 Å². The molecule has 1 aliphatic rings. The number of benzene rings is 2. The molecule has 0 aliphatic carbocycles. The van der Waals surface area contributed by atoms with Crippen LogP contribution in [-0.2, 0) is 11.3 Å². The zero-order valence-electron chi connectivity index (χ0n) is 16.0. The standard InChI is InChI=1S/C22H24N4O2/c1-27-19-9-7-17(8-10-19)16-23-20-15-21(26-11-13-28-14-12-26)25-22(24-20)18-5-3-2-4-6-18/h2-10,15H,11-14,16H2,1H3,(H,23,24,25). The highest BCUT2D eigenvalue weighted by Gasteiger charge is 2.15. The fraction of sp³-hybridized carbons (Fsp3) is 0.273. The van der Waals surface area contributed by atoms with Gasteiger partial charge in [0.15, 0.2) is 5.82 Å². The molecular weight excluding hydrogens is 352 g/mol. The van der Waals surface area contributed by atoms with Crippen LogP contribution in [0.25, 0.3) is 11.4 Å². The molecule has 6 heteroatoms. The molecule has 1 aliphatic heterocycles. The minimum absolute atomic E-state index is 0.678. The highest BCUT2D eigenvalue weighted by Crippen LogP contribution is 2.23. The molecule has 0 spiro atoms. The molecular formula is C22H24N4O2. The van der Waals surface area contributed by atoms with Crippen LogP contribution in [0.4, 0.5) is 11.6 Å². The van der Waals surface area contributed by atoms with E-state index in [-0.39, 0.29) is 0 Å². The van der Waals surface area contributed by atoms with Gasteiger partial charge in [-0.1, -0.05) is 42.5 Å². The summed E-state index contributed by atoms with van der Waals surface area (Å²) in [5.41, 5.74) is 2.17. The summed E-state index contributed by atoms with van der Waals surface area (Å²) in [7, 11) is 1.67. The van der Waals surface area contributed by atoms with E-state index in [1.807, 2.05) is 60.7 Å². The number of rotatable bonds is 6. The van der Waals surface area contributed by atoms with Crippen molar-refractivity contribution in [2.45, 2.75) is 6.54 Å². The van der Waals surface area contributed by atoms with Crippen LogP contribution in [0.15, 0.2) is 60.7 Å². The average molecular weight is 376 g/mol. The molecule has 2 aromatic carbocycles. The van der Waals surface area contributed by atoms with Gasteiger partial charge in [0.2, 0.25) is 0 Å². The summed E-state index contributed by atoms with van der Waals surface area (Å²) < 4.78 is 10.7. The second-order valence-electron chi connectivity index (χ2n) is 6.60. The number of ether oxygens (including phenoxy) is 2. The first-order valence-electron chi connectivity index (χ1n) is 9.46. The highest BCUT2D eigenvalue weighted by atomic mass is 16.5. The van der Waals surface area contributed by atoms with Crippen molar-refractivity contribution in [2.75, 3.05) is 43.6 Å². The Balaban J connectivity index is 1.59. The molecule has 144 valence electrons. The summed E-state index contributed by atoms with van der Waals surface area (Å²) >= 11 is 0. The van der Waals surface area contributed by atoms with E-state index in [2.05, 4.69) is 10.2 Å². The molecule has 2 heterocycles. The van der Waals surface area contributed by atoms with Crippen molar-refractivity contribution in [3.8, 4) is 17.1 Å². The maximum absolute atomic E-state index is 5.48. The summed E-state index contributed by atoms with van der Waals surface area (Å²) in [6, 6.07) is 20.1. The van der Waals surface area contributed by atoms with Gasteiger partial charge in [0.1, 0.15) is 17.4 Å². The zero-order chi connectivity index (χ0) is 19.2.